The summed E-state index contributed by atoms with van der Waals surface area (Å²) in [7, 11) is 0. The van der Waals surface area contributed by atoms with E-state index in [1.165, 1.54) is 43.5 Å². The van der Waals surface area contributed by atoms with Crippen LogP contribution >= 0.6 is 0 Å². The highest BCUT2D eigenvalue weighted by molar-refractivity contribution is 5.87. The minimum atomic E-state index is -0.856. The predicted octanol–water partition coefficient (Wildman–Crippen LogP) is 3.74. The van der Waals surface area contributed by atoms with Crippen LogP contribution in [0.5, 0.6) is 0 Å². The first-order chi connectivity index (χ1) is 13.2. The molecule has 4 rings (SSSR count). The fraction of sp³-hybridized carbons (Fsp3) is 0.435. The standard InChI is InChI=1S/C23H28N2O2/c26-23(27)20-8-6-19(7-9-20)21-14-22(21)24-15-17-10-12-25(13-11-17)16-18-4-2-1-3-5-18/h1-9,17,21-22,24H,10-16H2,(H,26,27). The van der Waals surface area contributed by atoms with Gasteiger partial charge in [0.15, 0.2) is 0 Å². The molecular formula is C23H28N2O2. The summed E-state index contributed by atoms with van der Waals surface area (Å²) in [5, 5.41) is 12.7. The first kappa shape index (κ1) is 18.2. The Morgan fingerprint density at radius 1 is 1.04 bits per heavy atom. The number of rotatable bonds is 7. The van der Waals surface area contributed by atoms with E-state index in [-0.39, 0.29) is 0 Å². The van der Waals surface area contributed by atoms with Crippen molar-refractivity contribution in [3.63, 3.8) is 0 Å². The van der Waals surface area contributed by atoms with Crippen molar-refractivity contribution in [1.82, 2.24) is 10.2 Å². The van der Waals surface area contributed by atoms with E-state index in [0.29, 0.717) is 17.5 Å². The van der Waals surface area contributed by atoms with Gasteiger partial charge in [-0.3, -0.25) is 4.90 Å². The van der Waals surface area contributed by atoms with Gasteiger partial charge in [0.05, 0.1) is 5.56 Å². The van der Waals surface area contributed by atoms with E-state index in [2.05, 4.69) is 40.5 Å². The third kappa shape index (κ3) is 4.76. The van der Waals surface area contributed by atoms with Crippen LogP contribution in [-0.4, -0.2) is 41.7 Å². The van der Waals surface area contributed by atoms with Crippen molar-refractivity contribution in [3.05, 3.63) is 71.3 Å². The molecule has 2 unspecified atom stereocenters. The van der Waals surface area contributed by atoms with Crippen LogP contribution in [0.25, 0.3) is 0 Å². The molecule has 1 aliphatic heterocycles. The van der Waals surface area contributed by atoms with E-state index in [0.717, 1.165) is 19.0 Å². The van der Waals surface area contributed by atoms with Crippen LogP contribution in [-0.2, 0) is 6.54 Å². The van der Waals surface area contributed by atoms with Gasteiger partial charge in [-0.05, 0) is 68.1 Å². The molecule has 1 aliphatic carbocycles. The average Bonchev–Trinajstić information content (AvgIpc) is 3.48. The van der Waals surface area contributed by atoms with Crippen LogP contribution in [0.2, 0.25) is 0 Å². The Hall–Kier alpha value is -2.17. The van der Waals surface area contributed by atoms with Crippen molar-refractivity contribution < 1.29 is 9.90 Å². The molecule has 1 saturated carbocycles. The van der Waals surface area contributed by atoms with Gasteiger partial charge in [0.1, 0.15) is 0 Å². The van der Waals surface area contributed by atoms with Gasteiger partial charge in [0, 0.05) is 18.5 Å². The van der Waals surface area contributed by atoms with Crippen LogP contribution in [0.3, 0.4) is 0 Å². The van der Waals surface area contributed by atoms with Gasteiger partial charge in [-0.1, -0.05) is 42.5 Å². The maximum Gasteiger partial charge on any atom is 0.335 e. The molecule has 2 aliphatic rings. The van der Waals surface area contributed by atoms with Gasteiger partial charge in [-0.2, -0.15) is 0 Å². The summed E-state index contributed by atoms with van der Waals surface area (Å²) in [5.74, 6) is 0.462. The highest BCUT2D eigenvalue weighted by Gasteiger charge is 2.38. The summed E-state index contributed by atoms with van der Waals surface area (Å²) >= 11 is 0. The first-order valence-electron chi connectivity index (χ1n) is 10.0. The lowest BCUT2D eigenvalue weighted by atomic mass is 9.96. The van der Waals surface area contributed by atoms with E-state index in [4.69, 9.17) is 5.11 Å². The topological polar surface area (TPSA) is 52.6 Å². The van der Waals surface area contributed by atoms with E-state index < -0.39 is 5.97 Å². The number of aromatic carboxylic acids is 1. The van der Waals surface area contributed by atoms with Crippen LogP contribution in [0, 0.1) is 5.92 Å². The lowest BCUT2D eigenvalue weighted by molar-refractivity contribution is 0.0697. The number of benzene rings is 2. The van der Waals surface area contributed by atoms with Crippen molar-refractivity contribution in [2.75, 3.05) is 19.6 Å². The summed E-state index contributed by atoms with van der Waals surface area (Å²) < 4.78 is 0. The summed E-state index contributed by atoms with van der Waals surface area (Å²) in [6.07, 6.45) is 3.70. The van der Waals surface area contributed by atoms with Crippen LogP contribution in [0.4, 0.5) is 0 Å². The molecule has 0 amide bonds. The number of carboxylic acids is 1. The smallest absolute Gasteiger partial charge is 0.335 e. The molecule has 0 bridgehead atoms. The van der Waals surface area contributed by atoms with E-state index in [1.54, 1.807) is 12.1 Å². The van der Waals surface area contributed by atoms with Gasteiger partial charge < -0.3 is 10.4 Å². The number of hydrogen-bond acceptors (Lipinski definition) is 3. The molecule has 27 heavy (non-hydrogen) atoms. The van der Waals surface area contributed by atoms with Gasteiger partial charge >= 0.3 is 5.97 Å². The Balaban J connectivity index is 1.17. The highest BCUT2D eigenvalue weighted by Crippen LogP contribution is 2.41. The van der Waals surface area contributed by atoms with Gasteiger partial charge in [-0.25, -0.2) is 4.79 Å². The minimum absolute atomic E-state index is 0.367. The SMILES string of the molecule is O=C(O)c1ccc(C2CC2NCC2CCN(Cc3ccccc3)CC2)cc1. The zero-order valence-electron chi connectivity index (χ0n) is 15.7. The Bertz CT molecular complexity index is 752. The number of carboxylic acid groups (broad SMARTS) is 1. The molecule has 2 aromatic rings. The van der Waals surface area contributed by atoms with Gasteiger partial charge in [0.2, 0.25) is 0 Å². The molecule has 1 saturated heterocycles. The Morgan fingerprint density at radius 2 is 1.74 bits per heavy atom. The molecular weight excluding hydrogens is 336 g/mol. The summed E-state index contributed by atoms with van der Waals surface area (Å²) in [6.45, 7) is 4.55. The second-order valence-corrected chi connectivity index (χ2v) is 7.99. The number of carbonyl (C=O) groups is 1. The number of nitrogens with one attached hydrogen (secondary N) is 1. The molecule has 0 spiro atoms. The summed E-state index contributed by atoms with van der Waals surface area (Å²) in [5.41, 5.74) is 3.03. The lowest BCUT2D eigenvalue weighted by Gasteiger charge is -2.32. The molecule has 2 atom stereocenters. The summed E-state index contributed by atoms with van der Waals surface area (Å²) in [4.78, 5) is 13.5. The van der Waals surface area contributed by atoms with Crippen molar-refractivity contribution in [3.8, 4) is 0 Å². The molecule has 2 aromatic carbocycles. The first-order valence-corrected chi connectivity index (χ1v) is 10.0. The predicted molar refractivity (Wildman–Crippen MR) is 107 cm³/mol. The van der Waals surface area contributed by atoms with Crippen molar-refractivity contribution >= 4 is 5.97 Å². The third-order valence-electron chi connectivity index (χ3n) is 6.00. The lowest BCUT2D eigenvalue weighted by Crippen LogP contribution is -2.37. The van der Waals surface area contributed by atoms with Gasteiger partial charge in [-0.15, -0.1) is 0 Å². The van der Waals surface area contributed by atoms with Crippen LogP contribution < -0.4 is 5.32 Å². The molecule has 2 fully saturated rings. The van der Waals surface area contributed by atoms with Crippen molar-refractivity contribution in [1.29, 1.82) is 0 Å². The Morgan fingerprint density at radius 3 is 2.41 bits per heavy atom. The van der Waals surface area contributed by atoms with E-state index >= 15 is 0 Å². The zero-order valence-corrected chi connectivity index (χ0v) is 15.7. The monoisotopic (exact) mass is 364 g/mol. The number of nitrogens with zero attached hydrogens (tertiary/aromatic N) is 1. The number of likely N-dealkylation sites (tertiary alicyclic amines) is 1. The molecule has 142 valence electrons. The third-order valence-corrected chi connectivity index (χ3v) is 6.00. The normalized spacial score (nSPS) is 23.3. The average molecular weight is 364 g/mol. The fourth-order valence-electron chi connectivity index (χ4n) is 4.17. The largest absolute Gasteiger partial charge is 0.478 e. The quantitative estimate of drug-likeness (QED) is 0.786. The van der Waals surface area contributed by atoms with Crippen molar-refractivity contribution in [2.24, 2.45) is 5.92 Å². The Labute approximate surface area is 161 Å². The fourth-order valence-corrected chi connectivity index (χ4v) is 4.17. The molecule has 4 heteroatoms. The summed E-state index contributed by atoms with van der Waals surface area (Å²) in [6, 6.07) is 18.7. The van der Waals surface area contributed by atoms with Gasteiger partial charge in [0.25, 0.3) is 0 Å². The van der Waals surface area contributed by atoms with Crippen molar-refractivity contribution in [2.45, 2.75) is 37.8 Å². The van der Waals surface area contributed by atoms with Crippen LogP contribution in [0.15, 0.2) is 54.6 Å². The maximum absolute atomic E-state index is 10.9. The second kappa shape index (κ2) is 8.24. The highest BCUT2D eigenvalue weighted by atomic mass is 16.4. The van der Waals surface area contributed by atoms with E-state index in [9.17, 15) is 4.79 Å². The van der Waals surface area contributed by atoms with Crippen LogP contribution in [0.1, 0.15) is 46.7 Å². The number of piperidine rings is 1. The molecule has 0 radical (unpaired) electrons. The van der Waals surface area contributed by atoms with E-state index in [1.807, 2.05) is 12.1 Å². The zero-order chi connectivity index (χ0) is 18.6. The number of hydrogen-bond donors (Lipinski definition) is 2. The molecule has 1 heterocycles. The minimum Gasteiger partial charge on any atom is -0.478 e. The maximum atomic E-state index is 10.9. The molecule has 4 nitrogen and oxygen atoms in total. The second-order valence-electron chi connectivity index (χ2n) is 7.99. The Kier molecular flexibility index (Phi) is 5.55. The molecule has 2 N–H and O–H groups in total. The molecule has 0 aromatic heterocycles.